The number of nitrogens with zero attached hydrogens (tertiary/aromatic N) is 4. The number of hydrogen-bond acceptors (Lipinski definition) is 5. The van der Waals surface area contributed by atoms with Crippen molar-refractivity contribution in [1.82, 2.24) is 20.1 Å². The Balaban J connectivity index is 1.80. The van der Waals surface area contributed by atoms with Crippen LogP contribution in [-0.2, 0) is 6.18 Å². The number of aromatic nitrogens is 3. The zero-order chi connectivity index (χ0) is 23.0. The highest BCUT2D eigenvalue weighted by atomic mass is 35.5. The molecule has 0 radical (unpaired) electrons. The van der Waals surface area contributed by atoms with E-state index in [9.17, 15) is 18.0 Å². The first-order valence-electron chi connectivity index (χ1n) is 9.02. The second kappa shape index (κ2) is 8.61. The van der Waals surface area contributed by atoms with Gasteiger partial charge in [-0.2, -0.15) is 18.3 Å². The Morgan fingerprint density at radius 2 is 1.94 bits per heavy atom. The summed E-state index contributed by atoms with van der Waals surface area (Å²) in [4.78, 5) is 21.3. The molecule has 3 aromatic rings. The highest BCUT2D eigenvalue weighted by Gasteiger charge is 2.37. The van der Waals surface area contributed by atoms with E-state index in [1.165, 1.54) is 30.5 Å². The molecule has 0 atom stereocenters. The third-order valence-electron chi connectivity index (χ3n) is 4.39. The van der Waals surface area contributed by atoms with Crippen LogP contribution >= 0.6 is 34.8 Å². The normalized spacial score (nSPS) is 13.6. The maximum Gasteiger partial charge on any atom is 0.435 e. The third-order valence-corrected chi connectivity index (χ3v) is 5.21. The van der Waals surface area contributed by atoms with Crippen LogP contribution in [0.25, 0.3) is 5.82 Å². The van der Waals surface area contributed by atoms with Gasteiger partial charge in [0, 0.05) is 29.4 Å². The van der Waals surface area contributed by atoms with E-state index in [-0.39, 0.29) is 21.6 Å². The van der Waals surface area contributed by atoms with Crippen LogP contribution in [0.5, 0.6) is 0 Å². The Kier molecular flexibility index (Phi) is 6.02. The summed E-state index contributed by atoms with van der Waals surface area (Å²) >= 11 is 18.5. The second-order valence-electron chi connectivity index (χ2n) is 6.55. The smallest absolute Gasteiger partial charge is 0.368 e. The van der Waals surface area contributed by atoms with Gasteiger partial charge < -0.3 is 10.6 Å². The molecule has 1 aliphatic heterocycles. The van der Waals surface area contributed by atoms with E-state index >= 15 is 0 Å². The molecule has 32 heavy (non-hydrogen) atoms. The molecule has 1 amide bonds. The van der Waals surface area contributed by atoms with E-state index in [0.29, 0.717) is 35.6 Å². The lowest BCUT2D eigenvalue weighted by Crippen LogP contribution is -2.23. The summed E-state index contributed by atoms with van der Waals surface area (Å²) in [7, 11) is 0. The highest BCUT2D eigenvalue weighted by Crippen LogP contribution is 2.33. The van der Waals surface area contributed by atoms with E-state index in [1.807, 2.05) is 0 Å². The first kappa shape index (κ1) is 22.4. The van der Waals surface area contributed by atoms with Gasteiger partial charge in [-0.1, -0.05) is 34.8 Å². The average Bonchev–Trinajstić information content (AvgIpc) is 3.40. The largest absolute Gasteiger partial charge is 0.435 e. The number of hydrogen-bond donors (Lipinski definition) is 2. The van der Waals surface area contributed by atoms with Crippen molar-refractivity contribution in [2.75, 3.05) is 18.4 Å². The first-order chi connectivity index (χ1) is 15.1. The van der Waals surface area contributed by atoms with Gasteiger partial charge in [-0.05, 0) is 24.3 Å². The Labute approximate surface area is 194 Å². The van der Waals surface area contributed by atoms with E-state index in [1.54, 1.807) is 0 Å². The monoisotopic (exact) mass is 502 g/mol. The molecule has 2 aromatic heterocycles. The molecule has 0 spiro atoms. The van der Waals surface area contributed by atoms with Crippen LogP contribution in [0.2, 0.25) is 15.1 Å². The van der Waals surface area contributed by atoms with E-state index in [4.69, 9.17) is 34.8 Å². The maximum absolute atomic E-state index is 13.3. The molecular formula is C19H12Cl3F3N6O. The zero-order valence-corrected chi connectivity index (χ0v) is 18.1. The van der Waals surface area contributed by atoms with Gasteiger partial charge in [0.1, 0.15) is 11.5 Å². The van der Waals surface area contributed by atoms with E-state index < -0.39 is 23.5 Å². The first-order valence-corrected chi connectivity index (χ1v) is 10.2. The molecule has 166 valence electrons. The molecule has 0 fully saturated rings. The summed E-state index contributed by atoms with van der Waals surface area (Å²) in [5.74, 6) is -0.611. The fourth-order valence-electron chi connectivity index (χ4n) is 3.02. The number of carbonyl (C=O) groups excluding carboxylic acids is 1. The lowest BCUT2D eigenvalue weighted by molar-refractivity contribution is -0.141. The number of alkyl halides is 3. The molecule has 13 heteroatoms. The van der Waals surface area contributed by atoms with Crippen LogP contribution in [0.15, 0.2) is 41.5 Å². The number of anilines is 1. The van der Waals surface area contributed by atoms with Crippen molar-refractivity contribution < 1.29 is 18.0 Å². The van der Waals surface area contributed by atoms with Crippen molar-refractivity contribution in [3.63, 3.8) is 0 Å². The Morgan fingerprint density at radius 3 is 2.59 bits per heavy atom. The fraction of sp³-hybridized carbons (Fsp3) is 0.158. The minimum atomic E-state index is -4.80. The predicted octanol–water partition coefficient (Wildman–Crippen LogP) is 4.85. The topological polar surface area (TPSA) is 84.2 Å². The molecule has 0 unspecified atom stereocenters. The van der Waals surface area contributed by atoms with Crippen molar-refractivity contribution >= 4 is 52.2 Å². The highest BCUT2D eigenvalue weighted by molar-refractivity contribution is 6.38. The molecule has 0 bridgehead atoms. The summed E-state index contributed by atoms with van der Waals surface area (Å²) in [6.07, 6.45) is -3.48. The molecule has 2 N–H and O–H groups in total. The molecule has 0 saturated heterocycles. The number of rotatable bonds is 4. The van der Waals surface area contributed by atoms with Crippen molar-refractivity contribution in [3.05, 3.63) is 68.5 Å². The number of amidine groups is 1. The number of pyridine rings is 1. The summed E-state index contributed by atoms with van der Waals surface area (Å²) in [5, 5.41) is 9.47. The Hall–Kier alpha value is -2.82. The minimum Gasteiger partial charge on any atom is -0.368 e. The summed E-state index contributed by atoms with van der Waals surface area (Å²) in [6.45, 7) is 1.08. The van der Waals surface area contributed by atoms with Crippen molar-refractivity contribution in [2.45, 2.75) is 6.18 Å². The van der Waals surface area contributed by atoms with E-state index in [0.717, 1.165) is 4.68 Å². The van der Waals surface area contributed by atoms with E-state index in [2.05, 4.69) is 25.7 Å². The van der Waals surface area contributed by atoms with Crippen molar-refractivity contribution in [1.29, 1.82) is 0 Å². The Bertz CT molecular complexity index is 1240. The average molecular weight is 504 g/mol. The molecule has 0 saturated carbocycles. The predicted molar refractivity (Wildman–Crippen MR) is 115 cm³/mol. The third kappa shape index (κ3) is 4.38. The molecule has 4 rings (SSSR count). The minimum absolute atomic E-state index is 0.00750. The van der Waals surface area contributed by atoms with Crippen LogP contribution in [-0.4, -0.2) is 39.6 Å². The summed E-state index contributed by atoms with van der Waals surface area (Å²) in [5.41, 5.74) is -1.21. The van der Waals surface area contributed by atoms with Crippen LogP contribution in [0, 0.1) is 0 Å². The molecule has 0 aliphatic carbocycles. The van der Waals surface area contributed by atoms with Crippen LogP contribution in [0.1, 0.15) is 21.7 Å². The van der Waals surface area contributed by atoms with Crippen LogP contribution < -0.4 is 10.6 Å². The number of aliphatic imine (C=N–C) groups is 1. The van der Waals surface area contributed by atoms with Gasteiger partial charge in [-0.25, -0.2) is 9.67 Å². The molecular weight excluding hydrogens is 492 g/mol. The van der Waals surface area contributed by atoms with Gasteiger partial charge in [-0.3, -0.25) is 9.79 Å². The second-order valence-corrected chi connectivity index (χ2v) is 7.81. The van der Waals surface area contributed by atoms with Crippen molar-refractivity contribution in [2.24, 2.45) is 4.99 Å². The molecule has 3 heterocycles. The van der Waals surface area contributed by atoms with Gasteiger partial charge in [-0.15, -0.1) is 0 Å². The van der Waals surface area contributed by atoms with Gasteiger partial charge in [0.15, 0.2) is 11.5 Å². The van der Waals surface area contributed by atoms with Gasteiger partial charge in [0.05, 0.1) is 22.3 Å². The number of carbonyl (C=O) groups is 1. The van der Waals surface area contributed by atoms with Crippen molar-refractivity contribution in [3.8, 4) is 5.82 Å². The quantitative estimate of drug-likeness (QED) is 0.533. The van der Waals surface area contributed by atoms with Crippen LogP contribution in [0.3, 0.4) is 0 Å². The number of benzene rings is 1. The number of halogens is 6. The Morgan fingerprint density at radius 1 is 1.16 bits per heavy atom. The van der Waals surface area contributed by atoms with Gasteiger partial charge >= 0.3 is 6.18 Å². The SMILES string of the molecule is O=C(Nc1c(Cl)cc(Cl)cc1C1=NCCN1)c1cc(C(F)(F)F)nn1-c1ncccc1Cl. The molecule has 7 nitrogen and oxygen atoms in total. The van der Waals surface area contributed by atoms with Gasteiger partial charge in [0.25, 0.3) is 5.91 Å². The lowest BCUT2D eigenvalue weighted by Gasteiger charge is -2.15. The standard InChI is InChI=1S/C19H12Cl3F3N6O/c20-9-6-10(16-26-4-5-27-16)15(12(22)7-9)29-18(32)13-8-14(19(23,24)25)30-31(13)17-11(21)2-1-3-28-17/h1-3,6-8H,4-5H2,(H,26,27)(H,29,32). The summed E-state index contributed by atoms with van der Waals surface area (Å²) in [6, 6.07) is 6.45. The zero-order valence-electron chi connectivity index (χ0n) is 15.8. The summed E-state index contributed by atoms with van der Waals surface area (Å²) < 4.78 is 40.8. The molecule has 1 aromatic carbocycles. The van der Waals surface area contributed by atoms with Crippen LogP contribution in [0.4, 0.5) is 18.9 Å². The molecule has 1 aliphatic rings. The number of nitrogens with one attached hydrogen (secondary N) is 2. The number of amides is 1. The fourth-order valence-corrected chi connectivity index (χ4v) is 3.76. The van der Waals surface area contributed by atoms with Gasteiger partial charge in [0.2, 0.25) is 0 Å². The lowest BCUT2D eigenvalue weighted by atomic mass is 10.1. The maximum atomic E-state index is 13.3.